The van der Waals surface area contributed by atoms with Crippen LogP contribution < -0.4 is 10.6 Å². The lowest BCUT2D eigenvalue weighted by Crippen LogP contribution is -2.40. The molecule has 0 heterocycles. The molecule has 1 aromatic carbocycles. The summed E-state index contributed by atoms with van der Waals surface area (Å²) in [6, 6.07) is 3.78. The van der Waals surface area contributed by atoms with Crippen LogP contribution in [0.5, 0.6) is 0 Å². The van der Waals surface area contributed by atoms with Crippen LogP contribution in [0, 0.1) is 5.82 Å². The summed E-state index contributed by atoms with van der Waals surface area (Å²) in [6.45, 7) is 6.21. The molecule has 0 aliphatic heterocycles. The Morgan fingerprint density at radius 3 is 2.53 bits per heavy atom. The second-order valence-electron chi connectivity index (χ2n) is 4.43. The first-order valence-corrected chi connectivity index (χ1v) is 5.51. The van der Waals surface area contributed by atoms with E-state index in [-0.39, 0.29) is 11.3 Å². The summed E-state index contributed by atoms with van der Waals surface area (Å²) < 4.78 is 13.7. The maximum Gasteiger partial charge on any atom is 0.328 e. The summed E-state index contributed by atoms with van der Waals surface area (Å²) in [4.78, 5) is 22.4. The number of anilines is 1. The summed E-state index contributed by atoms with van der Waals surface area (Å²) in [5.41, 5.74) is -1.10. The Bertz CT molecular complexity index is 527. The molecule has 0 spiro atoms. The van der Waals surface area contributed by atoms with Crippen molar-refractivity contribution in [3.05, 3.63) is 42.4 Å². The first-order valence-electron chi connectivity index (χ1n) is 5.51. The highest BCUT2D eigenvalue weighted by atomic mass is 19.1. The lowest BCUT2D eigenvalue weighted by atomic mass is 10.1. The number of benzene rings is 1. The fourth-order valence-corrected chi connectivity index (χ4v) is 1.36. The highest BCUT2D eigenvalue weighted by molar-refractivity contribution is 5.95. The predicted molar refractivity (Wildman–Crippen MR) is 69.4 cm³/mol. The van der Waals surface area contributed by atoms with Crippen LogP contribution in [0.4, 0.5) is 10.1 Å². The van der Waals surface area contributed by atoms with E-state index < -0.39 is 23.2 Å². The first-order chi connectivity index (χ1) is 8.77. The quantitative estimate of drug-likeness (QED) is 0.761. The Labute approximate surface area is 110 Å². The van der Waals surface area contributed by atoms with Gasteiger partial charge in [-0.3, -0.25) is 4.79 Å². The SMILES string of the molecule is C=CNC(=O)c1ccc(NC(C)(C)C(=O)O)cc1F. The lowest BCUT2D eigenvalue weighted by Gasteiger charge is -2.22. The van der Waals surface area contributed by atoms with E-state index in [0.29, 0.717) is 0 Å². The maximum atomic E-state index is 13.7. The minimum absolute atomic E-state index is 0.140. The van der Waals surface area contributed by atoms with Crippen LogP contribution in [0.3, 0.4) is 0 Å². The number of hydrogen-bond acceptors (Lipinski definition) is 3. The Morgan fingerprint density at radius 2 is 2.05 bits per heavy atom. The van der Waals surface area contributed by atoms with E-state index in [9.17, 15) is 14.0 Å². The van der Waals surface area contributed by atoms with Gasteiger partial charge in [0.05, 0.1) is 5.56 Å². The highest BCUT2D eigenvalue weighted by Gasteiger charge is 2.27. The molecule has 0 saturated carbocycles. The number of hydrogen-bond donors (Lipinski definition) is 3. The lowest BCUT2D eigenvalue weighted by molar-refractivity contribution is -0.141. The smallest absolute Gasteiger partial charge is 0.328 e. The number of carboxylic acids is 1. The van der Waals surface area contributed by atoms with Crippen LogP contribution in [-0.4, -0.2) is 22.5 Å². The van der Waals surface area contributed by atoms with E-state index in [1.807, 2.05) is 0 Å². The van der Waals surface area contributed by atoms with Crippen molar-refractivity contribution in [3.63, 3.8) is 0 Å². The fraction of sp³-hybridized carbons (Fsp3) is 0.231. The number of halogens is 1. The highest BCUT2D eigenvalue weighted by Crippen LogP contribution is 2.19. The predicted octanol–water partition coefficient (Wildman–Crippen LogP) is 1.97. The van der Waals surface area contributed by atoms with Crippen molar-refractivity contribution in [3.8, 4) is 0 Å². The molecule has 19 heavy (non-hydrogen) atoms. The molecule has 3 N–H and O–H groups in total. The zero-order valence-corrected chi connectivity index (χ0v) is 10.7. The van der Waals surface area contributed by atoms with Gasteiger partial charge in [-0.05, 0) is 38.2 Å². The topological polar surface area (TPSA) is 78.4 Å². The second kappa shape index (κ2) is 5.51. The number of carbonyl (C=O) groups is 2. The van der Waals surface area contributed by atoms with Gasteiger partial charge in [0, 0.05) is 5.69 Å². The molecule has 0 fully saturated rings. The molecule has 0 aromatic heterocycles. The normalized spacial score (nSPS) is 10.7. The van der Waals surface area contributed by atoms with E-state index >= 15 is 0 Å². The van der Waals surface area contributed by atoms with Crippen molar-refractivity contribution in [2.75, 3.05) is 5.32 Å². The molecule has 5 nitrogen and oxygen atoms in total. The Kier molecular flexibility index (Phi) is 4.26. The minimum Gasteiger partial charge on any atom is -0.480 e. The zero-order chi connectivity index (χ0) is 14.6. The third kappa shape index (κ3) is 3.54. The summed E-state index contributed by atoms with van der Waals surface area (Å²) in [5.74, 6) is -2.43. The summed E-state index contributed by atoms with van der Waals surface area (Å²) >= 11 is 0. The number of nitrogens with one attached hydrogen (secondary N) is 2. The molecular weight excluding hydrogens is 251 g/mol. The molecule has 0 unspecified atom stereocenters. The van der Waals surface area contributed by atoms with Crippen LogP contribution in [0.1, 0.15) is 24.2 Å². The summed E-state index contributed by atoms with van der Waals surface area (Å²) in [6.07, 6.45) is 1.15. The number of carboxylic acid groups (broad SMARTS) is 1. The van der Waals surface area contributed by atoms with Crippen LogP contribution in [-0.2, 0) is 4.79 Å². The number of rotatable bonds is 5. The largest absolute Gasteiger partial charge is 0.480 e. The first kappa shape index (κ1) is 14.7. The monoisotopic (exact) mass is 266 g/mol. The standard InChI is InChI=1S/C13H15FN2O3/c1-4-15-11(17)9-6-5-8(7-10(9)14)16-13(2,3)12(18)19/h4-7,16H,1H2,2-3H3,(H,15,17)(H,18,19). The molecular formula is C13H15FN2O3. The average molecular weight is 266 g/mol. The van der Waals surface area contributed by atoms with Gasteiger partial charge in [0.15, 0.2) is 0 Å². The van der Waals surface area contributed by atoms with Crippen molar-refractivity contribution in [1.82, 2.24) is 5.32 Å². The van der Waals surface area contributed by atoms with Gasteiger partial charge in [-0.25, -0.2) is 9.18 Å². The molecule has 1 rings (SSSR count). The van der Waals surface area contributed by atoms with E-state index in [4.69, 9.17) is 5.11 Å². The van der Waals surface area contributed by atoms with Crippen LogP contribution in [0.2, 0.25) is 0 Å². The Morgan fingerprint density at radius 1 is 1.42 bits per heavy atom. The van der Waals surface area contributed by atoms with Crippen molar-refractivity contribution in [2.24, 2.45) is 0 Å². The van der Waals surface area contributed by atoms with Crippen LogP contribution in [0.25, 0.3) is 0 Å². The molecule has 6 heteroatoms. The molecule has 0 bridgehead atoms. The van der Waals surface area contributed by atoms with E-state index in [1.54, 1.807) is 0 Å². The molecule has 0 saturated heterocycles. The van der Waals surface area contributed by atoms with Gasteiger partial charge in [-0.2, -0.15) is 0 Å². The summed E-state index contributed by atoms with van der Waals surface area (Å²) in [5, 5.41) is 13.9. The Balaban J connectivity index is 2.97. The Hall–Kier alpha value is -2.37. The van der Waals surface area contributed by atoms with Gasteiger partial charge in [-0.15, -0.1) is 0 Å². The van der Waals surface area contributed by atoms with E-state index in [1.165, 1.54) is 26.0 Å². The molecule has 1 aromatic rings. The van der Waals surface area contributed by atoms with Crippen molar-refractivity contribution < 1.29 is 19.1 Å². The van der Waals surface area contributed by atoms with Crippen LogP contribution in [0.15, 0.2) is 31.0 Å². The van der Waals surface area contributed by atoms with Gasteiger partial charge in [0.2, 0.25) is 0 Å². The van der Waals surface area contributed by atoms with E-state index in [2.05, 4.69) is 17.2 Å². The maximum absolute atomic E-state index is 13.7. The van der Waals surface area contributed by atoms with Gasteiger partial charge < -0.3 is 15.7 Å². The molecule has 1 amide bonds. The molecule has 0 aliphatic carbocycles. The molecule has 0 aliphatic rings. The molecule has 0 atom stereocenters. The second-order valence-corrected chi connectivity index (χ2v) is 4.43. The van der Waals surface area contributed by atoms with E-state index in [0.717, 1.165) is 12.3 Å². The minimum atomic E-state index is -1.24. The zero-order valence-electron chi connectivity index (χ0n) is 10.7. The van der Waals surface area contributed by atoms with Gasteiger partial charge >= 0.3 is 5.97 Å². The third-order valence-electron chi connectivity index (χ3n) is 2.44. The average Bonchev–Trinajstić information content (AvgIpc) is 2.28. The van der Waals surface area contributed by atoms with Gasteiger partial charge in [0.25, 0.3) is 5.91 Å². The van der Waals surface area contributed by atoms with Gasteiger partial charge in [-0.1, -0.05) is 6.58 Å². The van der Waals surface area contributed by atoms with Crippen molar-refractivity contribution in [2.45, 2.75) is 19.4 Å². The fourth-order valence-electron chi connectivity index (χ4n) is 1.36. The number of carbonyl (C=O) groups excluding carboxylic acids is 1. The molecule has 102 valence electrons. The van der Waals surface area contributed by atoms with Gasteiger partial charge in [0.1, 0.15) is 11.4 Å². The summed E-state index contributed by atoms with van der Waals surface area (Å²) in [7, 11) is 0. The van der Waals surface area contributed by atoms with Crippen molar-refractivity contribution >= 4 is 17.6 Å². The van der Waals surface area contributed by atoms with Crippen molar-refractivity contribution in [1.29, 1.82) is 0 Å². The number of amides is 1. The molecule has 0 radical (unpaired) electrons. The van der Waals surface area contributed by atoms with Crippen LogP contribution >= 0.6 is 0 Å². The third-order valence-corrected chi connectivity index (χ3v) is 2.44. The number of aliphatic carboxylic acids is 1.